The number of hydroxylamine groups is 1. The average molecular weight is 279 g/mol. The summed E-state index contributed by atoms with van der Waals surface area (Å²) in [4.78, 5) is 38.3. The molecule has 1 amide bonds. The van der Waals surface area contributed by atoms with Crippen molar-refractivity contribution in [3.05, 3.63) is 35.4 Å². The second-order valence-corrected chi connectivity index (χ2v) is 5.27. The van der Waals surface area contributed by atoms with Crippen LogP contribution >= 0.6 is 0 Å². The van der Waals surface area contributed by atoms with Crippen molar-refractivity contribution in [2.75, 3.05) is 6.61 Å². The van der Waals surface area contributed by atoms with Gasteiger partial charge in [-0.15, -0.1) is 0 Å². The summed E-state index contributed by atoms with van der Waals surface area (Å²) in [5, 5.41) is 8.36. The number of carboxylic acids is 1. The predicted molar refractivity (Wildman–Crippen MR) is 71.3 cm³/mol. The molecule has 0 bridgehead atoms. The van der Waals surface area contributed by atoms with Crippen LogP contribution in [0.3, 0.4) is 0 Å². The summed E-state index contributed by atoms with van der Waals surface area (Å²) in [5.41, 5.74) is 2.31. The van der Waals surface area contributed by atoms with Crippen LogP contribution in [0.25, 0.3) is 0 Å². The van der Waals surface area contributed by atoms with Crippen molar-refractivity contribution in [1.82, 2.24) is 5.48 Å². The second kappa shape index (κ2) is 6.29. The fourth-order valence-corrected chi connectivity index (χ4v) is 1.43. The molecule has 6 heteroatoms. The van der Waals surface area contributed by atoms with Gasteiger partial charge in [0.15, 0.2) is 12.4 Å². The fraction of sp³-hybridized carbons (Fsp3) is 0.357. The van der Waals surface area contributed by atoms with Crippen molar-refractivity contribution in [3.8, 4) is 0 Å². The highest BCUT2D eigenvalue weighted by Gasteiger charge is 2.22. The third-order valence-electron chi connectivity index (χ3n) is 2.45. The lowest BCUT2D eigenvalue weighted by atomic mass is 9.86. The van der Waals surface area contributed by atoms with Crippen LogP contribution < -0.4 is 5.48 Å². The zero-order valence-corrected chi connectivity index (χ0v) is 11.6. The van der Waals surface area contributed by atoms with E-state index < -0.39 is 23.9 Å². The monoisotopic (exact) mass is 279 g/mol. The van der Waals surface area contributed by atoms with Crippen molar-refractivity contribution in [2.45, 2.75) is 20.8 Å². The molecule has 1 aromatic carbocycles. The zero-order valence-electron chi connectivity index (χ0n) is 11.6. The number of benzene rings is 1. The van der Waals surface area contributed by atoms with Crippen LogP contribution in [0.5, 0.6) is 0 Å². The van der Waals surface area contributed by atoms with E-state index in [-0.39, 0.29) is 11.3 Å². The molecular weight excluding hydrogens is 262 g/mol. The maximum Gasteiger partial charge on any atom is 0.332 e. The van der Waals surface area contributed by atoms with E-state index in [9.17, 15) is 14.4 Å². The van der Waals surface area contributed by atoms with Gasteiger partial charge in [0.25, 0.3) is 5.91 Å². The highest BCUT2D eigenvalue weighted by molar-refractivity contribution is 6.01. The molecule has 0 heterocycles. The molecule has 0 radical (unpaired) electrons. The van der Waals surface area contributed by atoms with Crippen LogP contribution in [0, 0.1) is 5.41 Å². The summed E-state index contributed by atoms with van der Waals surface area (Å²) in [7, 11) is 0. The Hall–Kier alpha value is -2.21. The van der Waals surface area contributed by atoms with Crippen LogP contribution in [0.4, 0.5) is 0 Å². The Bertz CT molecular complexity index is 513. The number of carboxylic acid groups (broad SMARTS) is 1. The predicted octanol–water partition coefficient (Wildman–Crippen LogP) is 1.66. The van der Waals surface area contributed by atoms with Crippen LogP contribution in [-0.4, -0.2) is 29.4 Å². The van der Waals surface area contributed by atoms with Gasteiger partial charge >= 0.3 is 5.97 Å². The topological polar surface area (TPSA) is 92.7 Å². The third-order valence-corrected chi connectivity index (χ3v) is 2.45. The minimum absolute atomic E-state index is 0.0217. The van der Waals surface area contributed by atoms with Gasteiger partial charge in [-0.2, -0.15) is 0 Å². The Kier molecular flexibility index (Phi) is 4.99. The van der Waals surface area contributed by atoms with Crippen molar-refractivity contribution >= 4 is 17.7 Å². The molecule has 0 aromatic heterocycles. The van der Waals surface area contributed by atoms with Gasteiger partial charge in [0.2, 0.25) is 0 Å². The lowest BCUT2D eigenvalue weighted by Gasteiger charge is -2.16. The van der Waals surface area contributed by atoms with Crippen molar-refractivity contribution in [2.24, 2.45) is 5.41 Å². The first kappa shape index (κ1) is 15.8. The number of Topliss-reactive ketones (excluding diaryl/α,β-unsaturated/α-hetero) is 1. The van der Waals surface area contributed by atoms with Gasteiger partial charge in [-0.05, 0) is 12.1 Å². The van der Waals surface area contributed by atoms with Crippen molar-refractivity contribution in [1.29, 1.82) is 0 Å². The summed E-state index contributed by atoms with van der Waals surface area (Å²) in [6, 6.07) is 6.08. The minimum atomic E-state index is -1.18. The number of nitrogens with one attached hydrogen (secondary N) is 1. The number of carbonyl (C=O) groups is 3. The smallest absolute Gasteiger partial charge is 0.332 e. The summed E-state index contributed by atoms with van der Waals surface area (Å²) >= 11 is 0. The Labute approximate surface area is 116 Å². The minimum Gasteiger partial charge on any atom is -0.479 e. The maximum atomic E-state index is 12.0. The molecule has 0 saturated carbocycles. The van der Waals surface area contributed by atoms with E-state index in [1.54, 1.807) is 12.1 Å². The van der Waals surface area contributed by atoms with Gasteiger partial charge in [0, 0.05) is 16.5 Å². The maximum absolute atomic E-state index is 12.0. The molecule has 0 aliphatic carbocycles. The number of carbonyl (C=O) groups excluding carboxylic acids is 2. The first-order chi connectivity index (χ1) is 9.21. The molecule has 0 fully saturated rings. The molecule has 1 aromatic rings. The first-order valence-corrected chi connectivity index (χ1v) is 6.00. The molecule has 0 spiro atoms. The summed E-state index contributed by atoms with van der Waals surface area (Å²) < 4.78 is 0. The summed E-state index contributed by atoms with van der Waals surface area (Å²) in [5.74, 6) is -1.77. The summed E-state index contributed by atoms with van der Waals surface area (Å²) in [6.07, 6.45) is 0. The Morgan fingerprint density at radius 3 is 2.05 bits per heavy atom. The molecule has 0 unspecified atom stereocenters. The van der Waals surface area contributed by atoms with Crippen LogP contribution in [0.2, 0.25) is 0 Å². The van der Waals surface area contributed by atoms with Crippen LogP contribution in [0.15, 0.2) is 24.3 Å². The Balaban J connectivity index is 2.69. The first-order valence-electron chi connectivity index (χ1n) is 6.00. The molecule has 0 saturated heterocycles. The van der Waals surface area contributed by atoms with Gasteiger partial charge in [-0.25, -0.2) is 10.3 Å². The van der Waals surface area contributed by atoms with Gasteiger partial charge in [0.05, 0.1) is 0 Å². The normalized spacial score (nSPS) is 10.9. The SMILES string of the molecule is CC(C)(C)C(=O)c1ccc(C(=O)NOCC(=O)O)cc1. The average Bonchev–Trinajstić information content (AvgIpc) is 2.36. The highest BCUT2D eigenvalue weighted by Crippen LogP contribution is 2.20. The van der Waals surface area contributed by atoms with Gasteiger partial charge in [-0.1, -0.05) is 32.9 Å². The van der Waals surface area contributed by atoms with E-state index in [1.165, 1.54) is 12.1 Å². The number of hydrogen-bond acceptors (Lipinski definition) is 4. The van der Waals surface area contributed by atoms with Gasteiger partial charge in [-0.3, -0.25) is 14.4 Å². The largest absolute Gasteiger partial charge is 0.479 e. The molecule has 20 heavy (non-hydrogen) atoms. The van der Waals surface area contributed by atoms with E-state index in [0.717, 1.165) is 0 Å². The lowest BCUT2D eigenvalue weighted by Crippen LogP contribution is -2.26. The lowest BCUT2D eigenvalue weighted by molar-refractivity contribution is -0.144. The number of rotatable bonds is 5. The molecule has 0 atom stereocenters. The van der Waals surface area contributed by atoms with E-state index in [1.807, 2.05) is 26.3 Å². The van der Waals surface area contributed by atoms with Crippen LogP contribution in [0.1, 0.15) is 41.5 Å². The van der Waals surface area contributed by atoms with E-state index in [2.05, 4.69) is 4.84 Å². The number of aliphatic carboxylic acids is 1. The molecule has 2 N–H and O–H groups in total. The molecular formula is C14H17NO5. The van der Waals surface area contributed by atoms with E-state index >= 15 is 0 Å². The van der Waals surface area contributed by atoms with Crippen molar-refractivity contribution < 1.29 is 24.3 Å². The van der Waals surface area contributed by atoms with E-state index in [0.29, 0.717) is 5.56 Å². The number of hydrogen-bond donors (Lipinski definition) is 2. The van der Waals surface area contributed by atoms with E-state index in [4.69, 9.17) is 5.11 Å². The molecule has 0 aliphatic rings. The zero-order chi connectivity index (χ0) is 15.3. The Morgan fingerprint density at radius 1 is 1.10 bits per heavy atom. The third kappa shape index (κ3) is 4.47. The molecule has 108 valence electrons. The van der Waals surface area contributed by atoms with Crippen molar-refractivity contribution in [3.63, 3.8) is 0 Å². The van der Waals surface area contributed by atoms with Gasteiger partial charge < -0.3 is 5.11 Å². The summed E-state index contributed by atoms with van der Waals surface area (Å²) in [6.45, 7) is 4.83. The molecule has 1 rings (SSSR count). The standard InChI is InChI=1S/C14H17NO5/c1-14(2,3)12(18)9-4-6-10(7-5-9)13(19)15-20-8-11(16)17/h4-7H,8H2,1-3H3,(H,15,19)(H,16,17). The quantitative estimate of drug-likeness (QED) is 0.631. The number of ketones is 1. The second-order valence-electron chi connectivity index (χ2n) is 5.27. The van der Waals surface area contributed by atoms with Gasteiger partial charge in [0.1, 0.15) is 0 Å². The van der Waals surface area contributed by atoms with Crippen LogP contribution in [-0.2, 0) is 9.63 Å². The molecule has 6 nitrogen and oxygen atoms in total. The fourth-order valence-electron chi connectivity index (χ4n) is 1.43. The molecule has 0 aliphatic heterocycles. The Morgan fingerprint density at radius 2 is 1.60 bits per heavy atom. The number of amides is 1. The highest BCUT2D eigenvalue weighted by atomic mass is 16.7.